The molecule has 1 aromatic carbocycles. The number of nitrogens with zero attached hydrogens (tertiary/aromatic N) is 1. The second-order valence-corrected chi connectivity index (χ2v) is 7.18. The predicted molar refractivity (Wildman–Crippen MR) is 90.2 cm³/mol. The fourth-order valence-electron chi connectivity index (χ4n) is 2.50. The molecule has 0 aliphatic heterocycles. The first-order valence-corrected chi connectivity index (χ1v) is 8.63. The first-order valence-electron chi connectivity index (χ1n) is 7.81. The van der Waals surface area contributed by atoms with Crippen LogP contribution in [-0.4, -0.2) is 16.9 Å². The van der Waals surface area contributed by atoms with Gasteiger partial charge in [-0.15, -0.1) is 11.3 Å². The van der Waals surface area contributed by atoms with E-state index in [0.717, 1.165) is 23.4 Å². The summed E-state index contributed by atoms with van der Waals surface area (Å²) >= 11 is 1.44. The van der Waals surface area contributed by atoms with Crippen molar-refractivity contribution in [2.45, 2.75) is 44.6 Å². The molecule has 1 saturated carbocycles. The largest absolute Gasteiger partial charge is 0.327 e. The molecular formula is C17H20FN3OS. The highest BCUT2D eigenvalue weighted by molar-refractivity contribution is 7.15. The van der Waals surface area contributed by atoms with Gasteiger partial charge in [0.1, 0.15) is 5.82 Å². The Kier molecular flexibility index (Phi) is 4.73. The molecule has 1 aliphatic carbocycles. The van der Waals surface area contributed by atoms with Gasteiger partial charge in [-0.25, -0.2) is 9.37 Å². The summed E-state index contributed by atoms with van der Waals surface area (Å²) in [5.41, 5.74) is 7.31. The second kappa shape index (κ2) is 6.76. The monoisotopic (exact) mass is 333 g/mol. The highest BCUT2D eigenvalue weighted by atomic mass is 32.1. The molecular weight excluding hydrogens is 313 g/mol. The Morgan fingerprint density at radius 3 is 2.87 bits per heavy atom. The molecule has 0 radical (unpaired) electrons. The lowest BCUT2D eigenvalue weighted by Crippen LogP contribution is -2.23. The standard InChI is InChI=1S/C17H20FN3OS/c1-10(19)8-15(22)20-17-21-16(11-6-7-11)14(23-17)9-12-4-2-3-5-13(12)18/h2-5,10-11H,6-9,19H2,1H3,(H,20,21,22). The fraction of sp³-hybridized carbons (Fsp3) is 0.412. The minimum absolute atomic E-state index is 0.131. The third-order valence-corrected chi connectivity index (χ3v) is 4.74. The number of amides is 1. The van der Waals surface area contributed by atoms with Crippen molar-refractivity contribution in [3.63, 3.8) is 0 Å². The molecule has 23 heavy (non-hydrogen) atoms. The number of halogens is 1. The lowest BCUT2D eigenvalue weighted by atomic mass is 10.1. The van der Waals surface area contributed by atoms with Crippen LogP contribution in [0.3, 0.4) is 0 Å². The Hall–Kier alpha value is -1.79. The summed E-state index contributed by atoms with van der Waals surface area (Å²) in [6, 6.07) is 6.60. The van der Waals surface area contributed by atoms with Gasteiger partial charge in [0.15, 0.2) is 5.13 Å². The highest BCUT2D eigenvalue weighted by Gasteiger charge is 2.30. The Morgan fingerprint density at radius 1 is 1.48 bits per heavy atom. The van der Waals surface area contributed by atoms with Crippen LogP contribution in [0, 0.1) is 5.82 Å². The zero-order valence-electron chi connectivity index (χ0n) is 13.0. The summed E-state index contributed by atoms with van der Waals surface area (Å²) in [7, 11) is 0. The Balaban J connectivity index is 1.79. The number of nitrogens with two attached hydrogens (primary N) is 1. The van der Waals surface area contributed by atoms with E-state index in [1.165, 1.54) is 17.4 Å². The van der Waals surface area contributed by atoms with Crippen molar-refractivity contribution in [1.82, 2.24) is 4.98 Å². The number of carbonyl (C=O) groups is 1. The number of nitrogens with one attached hydrogen (secondary N) is 1. The van der Waals surface area contributed by atoms with E-state index in [9.17, 15) is 9.18 Å². The number of anilines is 1. The van der Waals surface area contributed by atoms with E-state index in [1.807, 2.05) is 6.07 Å². The Bertz CT molecular complexity index is 710. The van der Waals surface area contributed by atoms with Crippen LogP contribution < -0.4 is 11.1 Å². The minimum Gasteiger partial charge on any atom is -0.327 e. The van der Waals surface area contributed by atoms with E-state index in [2.05, 4.69) is 10.3 Å². The molecule has 0 saturated heterocycles. The van der Waals surface area contributed by atoms with E-state index in [4.69, 9.17) is 5.73 Å². The molecule has 122 valence electrons. The molecule has 6 heteroatoms. The highest BCUT2D eigenvalue weighted by Crippen LogP contribution is 2.44. The average Bonchev–Trinajstić information content (AvgIpc) is 3.24. The van der Waals surface area contributed by atoms with Crippen molar-refractivity contribution in [3.8, 4) is 0 Å². The van der Waals surface area contributed by atoms with Crippen LogP contribution in [0.5, 0.6) is 0 Å². The molecule has 3 N–H and O–H groups in total. The predicted octanol–water partition coefficient (Wildman–Crippen LogP) is 3.43. The van der Waals surface area contributed by atoms with Crippen molar-refractivity contribution < 1.29 is 9.18 Å². The van der Waals surface area contributed by atoms with Crippen LogP contribution in [0.15, 0.2) is 24.3 Å². The van der Waals surface area contributed by atoms with Crippen molar-refractivity contribution >= 4 is 22.4 Å². The van der Waals surface area contributed by atoms with Gasteiger partial charge in [0.05, 0.1) is 5.69 Å². The molecule has 1 amide bonds. The van der Waals surface area contributed by atoms with Gasteiger partial charge in [-0.2, -0.15) is 0 Å². The zero-order chi connectivity index (χ0) is 16.4. The molecule has 1 atom stereocenters. The van der Waals surface area contributed by atoms with Crippen molar-refractivity contribution in [1.29, 1.82) is 0 Å². The van der Waals surface area contributed by atoms with Crippen LogP contribution >= 0.6 is 11.3 Å². The lowest BCUT2D eigenvalue weighted by molar-refractivity contribution is -0.116. The SMILES string of the molecule is CC(N)CC(=O)Nc1nc(C2CC2)c(Cc2ccccc2F)s1. The summed E-state index contributed by atoms with van der Waals surface area (Å²) in [6.07, 6.45) is 3.00. The van der Waals surface area contributed by atoms with Crippen LogP contribution in [-0.2, 0) is 11.2 Å². The summed E-state index contributed by atoms with van der Waals surface area (Å²) < 4.78 is 13.9. The molecule has 4 nitrogen and oxygen atoms in total. The normalized spacial score (nSPS) is 15.4. The molecule has 0 spiro atoms. The van der Waals surface area contributed by atoms with Crippen molar-refractivity contribution in [2.75, 3.05) is 5.32 Å². The maximum absolute atomic E-state index is 13.9. The number of aromatic nitrogens is 1. The number of thiazole rings is 1. The molecule has 1 heterocycles. The fourth-order valence-corrected chi connectivity index (χ4v) is 3.58. The van der Waals surface area contributed by atoms with Gasteiger partial charge in [-0.1, -0.05) is 18.2 Å². The smallest absolute Gasteiger partial charge is 0.227 e. The van der Waals surface area contributed by atoms with Gasteiger partial charge in [0, 0.05) is 29.7 Å². The Labute approximate surface area is 138 Å². The van der Waals surface area contributed by atoms with E-state index < -0.39 is 0 Å². The van der Waals surface area contributed by atoms with E-state index >= 15 is 0 Å². The molecule has 1 aliphatic rings. The molecule has 1 fully saturated rings. The van der Waals surface area contributed by atoms with Gasteiger partial charge in [0.25, 0.3) is 0 Å². The lowest BCUT2D eigenvalue weighted by Gasteiger charge is -2.03. The van der Waals surface area contributed by atoms with Crippen LogP contribution in [0.4, 0.5) is 9.52 Å². The summed E-state index contributed by atoms with van der Waals surface area (Å²) in [5.74, 6) is 0.117. The molecule has 3 rings (SSSR count). The first-order chi connectivity index (χ1) is 11.0. The van der Waals surface area contributed by atoms with Crippen molar-refractivity contribution in [2.24, 2.45) is 5.73 Å². The van der Waals surface area contributed by atoms with Crippen LogP contribution in [0.25, 0.3) is 0 Å². The molecule has 2 aromatic rings. The van der Waals surface area contributed by atoms with E-state index in [-0.39, 0.29) is 24.2 Å². The molecule has 1 unspecified atom stereocenters. The third kappa shape index (κ3) is 4.14. The Morgan fingerprint density at radius 2 is 2.22 bits per heavy atom. The number of carbonyl (C=O) groups excluding carboxylic acids is 1. The van der Waals surface area contributed by atoms with Crippen LogP contribution in [0.2, 0.25) is 0 Å². The quantitative estimate of drug-likeness (QED) is 0.851. The van der Waals surface area contributed by atoms with Crippen LogP contribution in [0.1, 0.15) is 48.2 Å². The maximum Gasteiger partial charge on any atom is 0.227 e. The minimum atomic E-state index is -0.204. The number of hydrogen-bond acceptors (Lipinski definition) is 4. The van der Waals surface area contributed by atoms with Gasteiger partial charge < -0.3 is 11.1 Å². The van der Waals surface area contributed by atoms with E-state index in [0.29, 0.717) is 23.0 Å². The topological polar surface area (TPSA) is 68.0 Å². The molecule has 1 aromatic heterocycles. The average molecular weight is 333 g/mol. The van der Waals surface area contributed by atoms with Gasteiger partial charge in [-0.05, 0) is 31.4 Å². The number of hydrogen-bond donors (Lipinski definition) is 2. The third-order valence-electron chi connectivity index (χ3n) is 3.75. The molecule has 0 bridgehead atoms. The van der Waals surface area contributed by atoms with Gasteiger partial charge >= 0.3 is 0 Å². The zero-order valence-corrected chi connectivity index (χ0v) is 13.8. The summed E-state index contributed by atoms with van der Waals surface area (Å²) in [6.45, 7) is 1.79. The van der Waals surface area contributed by atoms with E-state index in [1.54, 1.807) is 19.1 Å². The van der Waals surface area contributed by atoms with Crippen molar-refractivity contribution in [3.05, 3.63) is 46.2 Å². The number of rotatable bonds is 6. The number of benzene rings is 1. The van der Waals surface area contributed by atoms with Gasteiger partial charge in [-0.3, -0.25) is 4.79 Å². The first kappa shape index (κ1) is 16.1. The maximum atomic E-state index is 13.9. The summed E-state index contributed by atoms with van der Waals surface area (Å²) in [5, 5.41) is 3.40. The second-order valence-electron chi connectivity index (χ2n) is 6.10. The summed E-state index contributed by atoms with van der Waals surface area (Å²) in [4.78, 5) is 17.5. The van der Waals surface area contributed by atoms with Gasteiger partial charge in [0.2, 0.25) is 5.91 Å².